The minimum absolute atomic E-state index is 0.774. The molecule has 0 atom stereocenters. The van der Waals surface area contributed by atoms with Gasteiger partial charge in [0.2, 0.25) is 0 Å². The zero-order chi connectivity index (χ0) is 9.10. The highest BCUT2D eigenvalue weighted by molar-refractivity contribution is 5.11. The summed E-state index contributed by atoms with van der Waals surface area (Å²) in [6.45, 7) is 1.86. The average Bonchev–Trinajstić information content (AvgIpc) is 2.88. The third-order valence-electron chi connectivity index (χ3n) is 2.52. The van der Waals surface area contributed by atoms with Gasteiger partial charge in [0.25, 0.3) is 0 Å². The molecule has 1 heterocycles. The van der Waals surface area contributed by atoms with E-state index < -0.39 is 0 Å². The summed E-state index contributed by atoms with van der Waals surface area (Å²) in [5.74, 6) is 0.774. The SMILES string of the molecule is NCCCCn1cnc(C2CC2)c1. The summed E-state index contributed by atoms with van der Waals surface area (Å²) in [6, 6.07) is 0. The Kier molecular flexibility index (Phi) is 2.64. The van der Waals surface area contributed by atoms with Crippen LogP contribution in [-0.2, 0) is 6.54 Å². The zero-order valence-electron chi connectivity index (χ0n) is 7.95. The van der Waals surface area contributed by atoms with Crippen LogP contribution in [0.4, 0.5) is 0 Å². The lowest BCUT2D eigenvalue weighted by Gasteiger charge is -1.99. The third-order valence-corrected chi connectivity index (χ3v) is 2.52. The number of nitrogens with zero attached hydrogens (tertiary/aromatic N) is 2. The highest BCUT2D eigenvalue weighted by atomic mass is 15.0. The molecule has 72 valence electrons. The van der Waals surface area contributed by atoms with Crippen molar-refractivity contribution in [2.24, 2.45) is 5.73 Å². The van der Waals surface area contributed by atoms with Crippen LogP contribution in [0.15, 0.2) is 12.5 Å². The van der Waals surface area contributed by atoms with E-state index in [0.29, 0.717) is 0 Å². The van der Waals surface area contributed by atoms with Gasteiger partial charge in [0, 0.05) is 18.7 Å². The van der Waals surface area contributed by atoms with E-state index in [0.717, 1.165) is 31.8 Å². The smallest absolute Gasteiger partial charge is 0.0949 e. The minimum atomic E-state index is 0.774. The van der Waals surface area contributed by atoms with Crippen LogP contribution in [0.2, 0.25) is 0 Å². The Morgan fingerprint density at radius 2 is 2.31 bits per heavy atom. The Morgan fingerprint density at radius 3 is 3.00 bits per heavy atom. The van der Waals surface area contributed by atoms with Crippen LogP contribution in [0.1, 0.15) is 37.3 Å². The van der Waals surface area contributed by atoms with Crippen molar-refractivity contribution in [2.45, 2.75) is 38.1 Å². The largest absolute Gasteiger partial charge is 0.337 e. The Labute approximate surface area is 79.0 Å². The molecule has 2 rings (SSSR count). The van der Waals surface area contributed by atoms with Crippen LogP contribution >= 0.6 is 0 Å². The number of aryl methyl sites for hydroxylation is 1. The van der Waals surface area contributed by atoms with Crippen LogP contribution in [-0.4, -0.2) is 16.1 Å². The Hall–Kier alpha value is -0.830. The lowest BCUT2D eigenvalue weighted by Crippen LogP contribution is -2.01. The van der Waals surface area contributed by atoms with Gasteiger partial charge in [-0.25, -0.2) is 4.98 Å². The molecule has 3 nitrogen and oxygen atoms in total. The predicted molar refractivity (Wildman–Crippen MR) is 52.5 cm³/mol. The van der Waals surface area contributed by atoms with E-state index >= 15 is 0 Å². The van der Waals surface area contributed by atoms with Crippen molar-refractivity contribution in [1.29, 1.82) is 0 Å². The van der Waals surface area contributed by atoms with Crippen LogP contribution in [0.25, 0.3) is 0 Å². The van der Waals surface area contributed by atoms with Crippen LogP contribution in [0.5, 0.6) is 0 Å². The van der Waals surface area contributed by atoms with E-state index in [-0.39, 0.29) is 0 Å². The lowest BCUT2D eigenvalue weighted by molar-refractivity contribution is 0.614. The molecule has 0 aliphatic heterocycles. The molecule has 0 radical (unpaired) electrons. The fraction of sp³-hybridized carbons (Fsp3) is 0.700. The molecular weight excluding hydrogens is 162 g/mol. The molecule has 0 amide bonds. The van der Waals surface area contributed by atoms with Crippen molar-refractivity contribution in [2.75, 3.05) is 6.54 Å². The molecule has 1 saturated carbocycles. The van der Waals surface area contributed by atoms with Gasteiger partial charge in [-0.05, 0) is 32.2 Å². The lowest BCUT2D eigenvalue weighted by atomic mass is 10.3. The molecule has 1 aliphatic rings. The predicted octanol–water partition coefficient (Wildman–Crippen LogP) is 1.50. The summed E-state index contributed by atoms with van der Waals surface area (Å²) in [5.41, 5.74) is 6.72. The first-order valence-electron chi connectivity index (χ1n) is 5.12. The van der Waals surface area contributed by atoms with Crippen molar-refractivity contribution in [3.8, 4) is 0 Å². The topological polar surface area (TPSA) is 43.8 Å². The number of imidazole rings is 1. The normalized spacial score (nSPS) is 16.4. The number of hydrogen-bond acceptors (Lipinski definition) is 2. The summed E-state index contributed by atoms with van der Waals surface area (Å²) >= 11 is 0. The summed E-state index contributed by atoms with van der Waals surface area (Å²) in [5, 5.41) is 0. The molecular formula is C10H17N3. The third kappa shape index (κ3) is 2.31. The second-order valence-corrected chi connectivity index (χ2v) is 3.81. The summed E-state index contributed by atoms with van der Waals surface area (Å²) in [6.07, 6.45) is 9.08. The summed E-state index contributed by atoms with van der Waals surface area (Å²) < 4.78 is 2.18. The van der Waals surface area contributed by atoms with Crippen LogP contribution in [0, 0.1) is 0 Å². The van der Waals surface area contributed by atoms with Gasteiger partial charge in [-0.1, -0.05) is 0 Å². The monoisotopic (exact) mass is 179 g/mol. The van der Waals surface area contributed by atoms with E-state index in [2.05, 4.69) is 15.7 Å². The van der Waals surface area contributed by atoms with E-state index in [1.165, 1.54) is 18.5 Å². The molecule has 13 heavy (non-hydrogen) atoms. The first kappa shape index (κ1) is 8.75. The minimum Gasteiger partial charge on any atom is -0.337 e. The average molecular weight is 179 g/mol. The second-order valence-electron chi connectivity index (χ2n) is 3.81. The van der Waals surface area contributed by atoms with E-state index in [4.69, 9.17) is 5.73 Å². The molecule has 0 aromatic carbocycles. The van der Waals surface area contributed by atoms with Crippen molar-refractivity contribution in [3.05, 3.63) is 18.2 Å². The zero-order valence-corrected chi connectivity index (χ0v) is 7.95. The van der Waals surface area contributed by atoms with E-state index in [1.807, 2.05) is 6.33 Å². The molecule has 0 spiro atoms. The maximum atomic E-state index is 5.43. The number of unbranched alkanes of at least 4 members (excludes halogenated alkanes) is 1. The van der Waals surface area contributed by atoms with Crippen molar-refractivity contribution in [3.63, 3.8) is 0 Å². The molecule has 2 N–H and O–H groups in total. The molecule has 0 bridgehead atoms. The highest BCUT2D eigenvalue weighted by Crippen LogP contribution is 2.38. The Bertz CT molecular complexity index is 263. The van der Waals surface area contributed by atoms with Gasteiger partial charge in [0.15, 0.2) is 0 Å². The Morgan fingerprint density at radius 1 is 1.46 bits per heavy atom. The van der Waals surface area contributed by atoms with Crippen LogP contribution < -0.4 is 5.73 Å². The van der Waals surface area contributed by atoms with Crippen molar-refractivity contribution >= 4 is 0 Å². The highest BCUT2D eigenvalue weighted by Gasteiger charge is 2.25. The van der Waals surface area contributed by atoms with Gasteiger partial charge in [-0.3, -0.25) is 0 Å². The Balaban J connectivity index is 1.82. The van der Waals surface area contributed by atoms with Gasteiger partial charge >= 0.3 is 0 Å². The van der Waals surface area contributed by atoms with Gasteiger partial charge in [-0.2, -0.15) is 0 Å². The number of rotatable bonds is 5. The molecule has 0 saturated heterocycles. The van der Waals surface area contributed by atoms with Crippen molar-refractivity contribution < 1.29 is 0 Å². The second kappa shape index (κ2) is 3.92. The summed E-state index contributed by atoms with van der Waals surface area (Å²) in [7, 11) is 0. The maximum absolute atomic E-state index is 5.43. The molecule has 0 unspecified atom stereocenters. The van der Waals surface area contributed by atoms with Gasteiger partial charge < -0.3 is 10.3 Å². The number of nitrogens with two attached hydrogens (primary N) is 1. The van der Waals surface area contributed by atoms with E-state index in [9.17, 15) is 0 Å². The first-order chi connectivity index (χ1) is 6.40. The van der Waals surface area contributed by atoms with Crippen LogP contribution in [0.3, 0.4) is 0 Å². The summed E-state index contributed by atoms with van der Waals surface area (Å²) in [4.78, 5) is 4.39. The van der Waals surface area contributed by atoms with E-state index in [1.54, 1.807) is 0 Å². The fourth-order valence-corrected chi connectivity index (χ4v) is 1.53. The standard InChI is InChI=1S/C10H17N3/c11-5-1-2-6-13-7-10(12-8-13)9-3-4-9/h7-9H,1-6,11H2. The van der Waals surface area contributed by atoms with Gasteiger partial charge in [0.05, 0.1) is 12.0 Å². The molecule has 1 aromatic rings. The number of hydrogen-bond donors (Lipinski definition) is 1. The molecule has 1 aliphatic carbocycles. The van der Waals surface area contributed by atoms with Crippen molar-refractivity contribution in [1.82, 2.24) is 9.55 Å². The molecule has 3 heteroatoms. The molecule has 1 fully saturated rings. The molecule has 1 aromatic heterocycles. The van der Waals surface area contributed by atoms with Gasteiger partial charge in [-0.15, -0.1) is 0 Å². The van der Waals surface area contributed by atoms with Gasteiger partial charge in [0.1, 0.15) is 0 Å². The first-order valence-corrected chi connectivity index (χ1v) is 5.12. The number of aromatic nitrogens is 2. The fourth-order valence-electron chi connectivity index (χ4n) is 1.53. The quantitative estimate of drug-likeness (QED) is 0.696. The maximum Gasteiger partial charge on any atom is 0.0949 e.